The number of benzene rings is 1. The fourth-order valence-electron chi connectivity index (χ4n) is 3.04. The highest BCUT2D eigenvalue weighted by Gasteiger charge is 2.30. The van der Waals surface area contributed by atoms with Gasteiger partial charge in [0.1, 0.15) is 5.82 Å². The van der Waals surface area contributed by atoms with Gasteiger partial charge in [0.05, 0.1) is 0 Å². The van der Waals surface area contributed by atoms with Crippen molar-refractivity contribution in [3.63, 3.8) is 0 Å². The summed E-state index contributed by atoms with van der Waals surface area (Å²) in [6.45, 7) is 5.13. The van der Waals surface area contributed by atoms with Crippen LogP contribution in [0.15, 0.2) is 22.7 Å². The van der Waals surface area contributed by atoms with Crippen LogP contribution in [0, 0.1) is 5.82 Å². The molecular weight excluding hydrogens is 307 g/mol. The molecule has 3 unspecified atom stereocenters. The standard InChI is InChI=1S/C15H22BrFN2/c1-10(18)15-5-3-4-8-19(15)11(2)13-7-6-12(16)9-14(13)17/h6-7,9-11,15H,3-5,8,18H2,1-2H3. The smallest absolute Gasteiger partial charge is 0.129 e. The molecule has 1 aliphatic rings. The van der Waals surface area contributed by atoms with Crippen LogP contribution in [0.1, 0.15) is 44.7 Å². The van der Waals surface area contributed by atoms with Crippen molar-refractivity contribution in [3.8, 4) is 0 Å². The summed E-state index contributed by atoms with van der Waals surface area (Å²) in [5, 5.41) is 0. The van der Waals surface area contributed by atoms with Crippen molar-refractivity contribution in [1.82, 2.24) is 4.90 Å². The zero-order chi connectivity index (χ0) is 14.0. The Hall–Kier alpha value is -0.450. The fraction of sp³-hybridized carbons (Fsp3) is 0.600. The van der Waals surface area contributed by atoms with Gasteiger partial charge in [-0.05, 0) is 45.4 Å². The summed E-state index contributed by atoms with van der Waals surface area (Å²) in [5.41, 5.74) is 6.85. The predicted octanol–water partition coefficient (Wildman–Crippen LogP) is 3.85. The van der Waals surface area contributed by atoms with E-state index < -0.39 is 0 Å². The van der Waals surface area contributed by atoms with Crippen molar-refractivity contribution in [2.75, 3.05) is 6.54 Å². The maximum Gasteiger partial charge on any atom is 0.129 e. The number of nitrogens with two attached hydrogens (primary N) is 1. The van der Waals surface area contributed by atoms with E-state index in [1.54, 1.807) is 0 Å². The summed E-state index contributed by atoms with van der Waals surface area (Å²) < 4.78 is 14.9. The molecule has 0 amide bonds. The summed E-state index contributed by atoms with van der Waals surface area (Å²) in [7, 11) is 0. The first-order valence-corrected chi connectivity index (χ1v) is 7.76. The van der Waals surface area contributed by atoms with Crippen LogP contribution >= 0.6 is 15.9 Å². The van der Waals surface area contributed by atoms with E-state index in [2.05, 4.69) is 27.8 Å². The Morgan fingerprint density at radius 1 is 1.37 bits per heavy atom. The van der Waals surface area contributed by atoms with Gasteiger partial charge in [-0.15, -0.1) is 0 Å². The highest BCUT2D eigenvalue weighted by Crippen LogP contribution is 2.31. The van der Waals surface area contributed by atoms with Crippen LogP contribution in [-0.2, 0) is 0 Å². The van der Waals surface area contributed by atoms with Gasteiger partial charge in [0.15, 0.2) is 0 Å². The largest absolute Gasteiger partial charge is 0.327 e. The van der Waals surface area contributed by atoms with Gasteiger partial charge in [-0.3, -0.25) is 4.90 Å². The molecule has 0 bridgehead atoms. The normalized spacial score (nSPS) is 24.2. The van der Waals surface area contributed by atoms with Crippen LogP contribution < -0.4 is 5.73 Å². The van der Waals surface area contributed by atoms with Gasteiger partial charge in [-0.25, -0.2) is 4.39 Å². The number of hydrogen-bond donors (Lipinski definition) is 1. The Morgan fingerprint density at radius 3 is 2.74 bits per heavy atom. The second-order valence-corrected chi connectivity index (χ2v) is 6.42. The third-order valence-corrected chi connectivity index (χ3v) is 4.60. The third-order valence-electron chi connectivity index (χ3n) is 4.11. The molecule has 3 atom stereocenters. The monoisotopic (exact) mass is 328 g/mol. The van der Waals surface area contributed by atoms with E-state index >= 15 is 0 Å². The molecule has 1 heterocycles. The molecule has 1 aromatic carbocycles. The lowest BCUT2D eigenvalue weighted by Gasteiger charge is -2.42. The van der Waals surface area contributed by atoms with E-state index in [1.165, 1.54) is 18.9 Å². The van der Waals surface area contributed by atoms with Crippen molar-refractivity contribution in [3.05, 3.63) is 34.1 Å². The lowest BCUT2D eigenvalue weighted by Crippen LogP contribution is -2.50. The Labute approximate surface area is 123 Å². The molecule has 2 N–H and O–H groups in total. The van der Waals surface area contributed by atoms with Crippen molar-refractivity contribution < 1.29 is 4.39 Å². The average molecular weight is 329 g/mol. The molecule has 2 nitrogen and oxygen atoms in total. The molecule has 0 saturated carbocycles. The Kier molecular flexibility index (Phi) is 4.98. The highest BCUT2D eigenvalue weighted by molar-refractivity contribution is 9.10. The van der Waals surface area contributed by atoms with Crippen LogP contribution in [0.5, 0.6) is 0 Å². The van der Waals surface area contributed by atoms with Crippen LogP contribution in [0.2, 0.25) is 0 Å². The molecule has 0 radical (unpaired) electrons. The number of nitrogens with zero attached hydrogens (tertiary/aromatic N) is 1. The van der Waals surface area contributed by atoms with Crippen molar-refractivity contribution in [1.29, 1.82) is 0 Å². The third kappa shape index (κ3) is 3.36. The first-order valence-electron chi connectivity index (χ1n) is 6.97. The minimum Gasteiger partial charge on any atom is -0.327 e. The Bertz CT molecular complexity index is 436. The van der Waals surface area contributed by atoms with E-state index in [0.717, 1.165) is 23.0 Å². The van der Waals surface area contributed by atoms with Crippen LogP contribution in [0.25, 0.3) is 0 Å². The molecule has 0 aliphatic carbocycles. The first kappa shape index (κ1) is 14.9. The molecule has 0 spiro atoms. The Balaban J connectivity index is 2.23. The molecule has 19 heavy (non-hydrogen) atoms. The molecule has 1 fully saturated rings. The summed E-state index contributed by atoms with van der Waals surface area (Å²) >= 11 is 3.30. The maximum absolute atomic E-state index is 14.1. The first-order chi connectivity index (χ1) is 9.00. The predicted molar refractivity (Wildman–Crippen MR) is 80.5 cm³/mol. The molecule has 1 aromatic rings. The van der Waals surface area contributed by atoms with Crippen LogP contribution in [-0.4, -0.2) is 23.5 Å². The molecule has 0 aromatic heterocycles. The van der Waals surface area contributed by atoms with E-state index in [1.807, 2.05) is 19.1 Å². The highest BCUT2D eigenvalue weighted by atomic mass is 79.9. The molecule has 1 aliphatic heterocycles. The number of hydrogen-bond acceptors (Lipinski definition) is 2. The number of halogens is 2. The Morgan fingerprint density at radius 2 is 2.11 bits per heavy atom. The van der Waals surface area contributed by atoms with Gasteiger partial charge in [-0.2, -0.15) is 0 Å². The van der Waals surface area contributed by atoms with Gasteiger partial charge in [0, 0.05) is 28.2 Å². The second kappa shape index (κ2) is 6.33. The molecular formula is C15H22BrFN2. The summed E-state index contributed by atoms with van der Waals surface area (Å²) in [4.78, 5) is 2.36. The lowest BCUT2D eigenvalue weighted by molar-refractivity contribution is 0.0873. The second-order valence-electron chi connectivity index (χ2n) is 5.50. The average Bonchev–Trinajstić information content (AvgIpc) is 2.38. The van der Waals surface area contributed by atoms with Crippen molar-refractivity contribution >= 4 is 15.9 Å². The van der Waals surface area contributed by atoms with Gasteiger partial charge in [0.25, 0.3) is 0 Å². The fourth-order valence-corrected chi connectivity index (χ4v) is 3.38. The summed E-state index contributed by atoms with van der Waals surface area (Å²) in [6, 6.07) is 5.87. The zero-order valence-corrected chi connectivity index (χ0v) is 13.2. The number of piperidine rings is 1. The number of likely N-dealkylation sites (tertiary alicyclic amines) is 1. The van der Waals surface area contributed by atoms with Gasteiger partial charge >= 0.3 is 0 Å². The minimum atomic E-state index is -0.143. The minimum absolute atomic E-state index is 0.0735. The SMILES string of the molecule is CC(N)C1CCCCN1C(C)c1ccc(Br)cc1F. The van der Waals surface area contributed by atoms with Crippen molar-refractivity contribution in [2.45, 2.75) is 51.2 Å². The lowest BCUT2D eigenvalue weighted by atomic mass is 9.93. The zero-order valence-electron chi connectivity index (χ0n) is 11.6. The van der Waals surface area contributed by atoms with Crippen LogP contribution in [0.3, 0.4) is 0 Å². The summed E-state index contributed by atoms with van der Waals surface area (Å²) in [6.07, 6.45) is 3.50. The van der Waals surface area contributed by atoms with E-state index in [0.29, 0.717) is 6.04 Å². The van der Waals surface area contributed by atoms with Crippen LogP contribution in [0.4, 0.5) is 4.39 Å². The number of rotatable bonds is 3. The van der Waals surface area contributed by atoms with Gasteiger partial charge < -0.3 is 5.73 Å². The topological polar surface area (TPSA) is 29.3 Å². The van der Waals surface area contributed by atoms with E-state index in [-0.39, 0.29) is 17.9 Å². The van der Waals surface area contributed by atoms with E-state index in [9.17, 15) is 4.39 Å². The molecule has 1 saturated heterocycles. The van der Waals surface area contributed by atoms with Gasteiger partial charge in [-0.1, -0.05) is 28.4 Å². The molecule has 106 valence electrons. The maximum atomic E-state index is 14.1. The molecule has 2 rings (SSSR count). The van der Waals surface area contributed by atoms with E-state index in [4.69, 9.17) is 5.73 Å². The molecule has 4 heteroatoms. The van der Waals surface area contributed by atoms with Gasteiger partial charge in [0.2, 0.25) is 0 Å². The summed E-state index contributed by atoms with van der Waals surface area (Å²) in [5.74, 6) is -0.143. The van der Waals surface area contributed by atoms with Crippen molar-refractivity contribution in [2.24, 2.45) is 5.73 Å². The quantitative estimate of drug-likeness (QED) is 0.913.